The summed E-state index contributed by atoms with van der Waals surface area (Å²) in [5.74, 6) is -2.16. The molecule has 0 bridgehead atoms. The van der Waals surface area contributed by atoms with Gasteiger partial charge in [-0.3, -0.25) is 4.79 Å². The Morgan fingerprint density at radius 1 is 1.07 bits per heavy atom. The highest BCUT2D eigenvalue weighted by atomic mass is 19.4. The van der Waals surface area contributed by atoms with Gasteiger partial charge in [0.2, 0.25) is 0 Å². The lowest BCUT2D eigenvalue weighted by atomic mass is 10.1. The summed E-state index contributed by atoms with van der Waals surface area (Å²) in [5.41, 5.74) is 1.14. The Morgan fingerprint density at radius 2 is 1.75 bits per heavy atom. The molecule has 1 aromatic carbocycles. The fourth-order valence-electron chi connectivity index (χ4n) is 2.38. The Hall–Kier alpha value is -2.09. The number of hydrogen-bond acceptors (Lipinski definition) is 5. The summed E-state index contributed by atoms with van der Waals surface area (Å²) in [6, 6.07) is 7.87. The monoisotopic (exact) mass is 403 g/mol. The van der Waals surface area contributed by atoms with Gasteiger partial charge in [-0.15, -0.1) is 0 Å². The third-order valence-corrected chi connectivity index (χ3v) is 3.88. The molecule has 158 valence electrons. The van der Waals surface area contributed by atoms with E-state index in [0.29, 0.717) is 19.1 Å². The zero-order chi connectivity index (χ0) is 21.0. The molecule has 28 heavy (non-hydrogen) atoms. The van der Waals surface area contributed by atoms with Crippen LogP contribution in [0.25, 0.3) is 0 Å². The van der Waals surface area contributed by atoms with Crippen LogP contribution >= 0.6 is 0 Å². The molecule has 0 aromatic heterocycles. The minimum absolute atomic E-state index is 0.146. The number of carbonyl (C=O) groups excluding carboxylic acids is 2. The number of aryl methyl sites for hydroxylation is 1. The molecule has 0 aliphatic heterocycles. The molecule has 1 N–H and O–H groups in total. The van der Waals surface area contributed by atoms with Crippen LogP contribution in [0.4, 0.5) is 13.2 Å². The Morgan fingerprint density at radius 3 is 2.36 bits per heavy atom. The third-order valence-electron chi connectivity index (χ3n) is 3.88. The Balaban J connectivity index is 2.11. The van der Waals surface area contributed by atoms with Crippen molar-refractivity contribution in [1.29, 1.82) is 0 Å². The van der Waals surface area contributed by atoms with Gasteiger partial charge in [0.25, 0.3) is 0 Å². The van der Waals surface area contributed by atoms with Crippen LogP contribution in [0.5, 0.6) is 5.75 Å². The summed E-state index contributed by atoms with van der Waals surface area (Å²) >= 11 is 0. The molecule has 1 rings (SSSR count). The van der Waals surface area contributed by atoms with Crippen molar-refractivity contribution in [3.63, 3.8) is 0 Å². The molecule has 0 aliphatic carbocycles. The van der Waals surface area contributed by atoms with Crippen molar-refractivity contribution in [3.05, 3.63) is 29.8 Å². The van der Waals surface area contributed by atoms with Gasteiger partial charge >= 0.3 is 18.1 Å². The number of carbonyl (C=O) groups is 2. The first-order valence-electron chi connectivity index (χ1n) is 9.42. The smallest absolute Gasteiger partial charge is 0.491 e. The number of alkyl halides is 3. The number of ether oxygens (including phenoxy) is 2. The summed E-state index contributed by atoms with van der Waals surface area (Å²) in [6.45, 7) is 5.81. The van der Waals surface area contributed by atoms with Crippen molar-refractivity contribution >= 4 is 11.9 Å². The number of rotatable bonds is 12. The van der Waals surface area contributed by atoms with Crippen molar-refractivity contribution in [1.82, 2.24) is 5.32 Å². The van der Waals surface area contributed by atoms with E-state index in [0.717, 1.165) is 37.0 Å². The molecule has 0 amide bonds. The molecule has 1 aromatic rings. The molecule has 0 radical (unpaired) electrons. The highest BCUT2D eigenvalue weighted by Gasteiger charge is 2.42. The highest BCUT2D eigenvalue weighted by Crippen LogP contribution is 2.17. The van der Waals surface area contributed by atoms with Crippen molar-refractivity contribution in [3.8, 4) is 5.75 Å². The van der Waals surface area contributed by atoms with Gasteiger partial charge < -0.3 is 14.8 Å². The molecule has 0 unspecified atom stereocenters. The minimum atomic E-state index is -5.16. The lowest BCUT2D eigenvalue weighted by Gasteiger charge is -2.09. The fraction of sp³-hybridized carbons (Fsp3) is 0.600. The summed E-state index contributed by atoms with van der Waals surface area (Å²) in [5, 5.41) is 2.94. The number of hydrogen-bond donors (Lipinski definition) is 1. The van der Waals surface area contributed by atoms with Crippen LogP contribution in [0, 0.1) is 5.92 Å². The molecule has 0 atom stereocenters. The van der Waals surface area contributed by atoms with Crippen molar-refractivity contribution < 1.29 is 32.2 Å². The fourth-order valence-corrected chi connectivity index (χ4v) is 2.38. The Bertz CT molecular complexity index is 600. The summed E-state index contributed by atoms with van der Waals surface area (Å²) in [7, 11) is 0. The molecule has 0 saturated heterocycles. The van der Waals surface area contributed by atoms with E-state index in [1.807, 2.05) is 24.3 Å². The quantitative estimate of drug-likeness (QED) is 0.324. The lowest BCUT2D eigenvalue weighted by molar-refractivity contribution is -0.201. The maximum absolute atomic E-state index is 11.9. The van der Waals surface area contributed by atoms with Gasteiger partial charge in [-0.1, -0.05) is 26.0 Å². The van der Waals surface area contributed by atoms with Crippen molar-refractivity contribution in [2.45, 2.75) is 52.1 Å². The normalized spacial score (nSPS) is 11.5. The maximum Gasteiger partial charge on any atom is 0.491 e. The predicted octanol–water partition coefficient (Wildman–Crippen LogP) is 4.05. The molecule has 5 nitrogen and oxygen atoms in total. The summed E-state index contributed by atoms with van der Waals surface area (Å²) in [6.07, 6.45) is -1.67. The number of esters is 2. The second-order valence-electron chi connectivity index (χ2n) is 6.89. The molecule has 0 heterocycles. The van der Waals surface area contributed by atoms with Crippen molar-refractivity contribution in [2.75, 3.05) is 19.7 Å². The van der Waals surface area contributed by atoms with Gasteiger partial charge in [-0.2, -0.15) is 13.2 Å². The molecular weight excluding hydrogens is 375 g/mol. The molecule has 0 spiro atoms. The van der Waals surface area contributed by atoms with Crippen molar-refractivity contribution in [2.24, 2.45) is 5.92 Å². The van der Waals surface area contributed by atoms with Gasteiger partial charge in [-0.25, -0.2) is 4.79 Å². The Labute approximate surface area is 163 Å². The zero-order valence-corrected chi connectivity index (χ0v) is 16.3. The average molecular weight is 403 g/mol. The van der Waals surface area contributed by atoms with Crippen LogP contribution in [-0.2, 0) is 20.7 Å². The molecule has 0 aliphatic rings. The first-order chi connectivity index (χ1) is 13.2. The molecule has 0 saturated carbocycles. The van der Waals surface area contributed by atoms with Crippen LogP contribution < -0.4 is 10.1 Å². The van der Waals surface area contributed by atoms with E-state index in [2.05, 4.69) is 23.9 Å². The van der Waals surface area contributed by atoms with E-state index in [1.165, 1.54) is 0 Å². The lowest BCUT2D eigenvalue weighted by Crippen LogP contribution is -2.29. The SMILES string of the molecule is CC(C)CCCOc1ccc(CCCNCCC(=O)OC(=O)C(F)(F)F)cc1. The van der Waals surface area contributed by atoms with E-state index >= 15 is 0 Å². The van der Waals surface area contributed by atoms with Crippen LogP contribution in [0.2, 0.25) is 0 Å². The van der Waals surface area contributed by atoms with E-state index in [-0.39, 0.29) is 13.0 Å². The van der Waals surface area contributed by atoms with Crippen LogP contribution in [0.15, 0.2) is 24.3 Å². The predicted molar refractivity (Wildman–Crippen MR) is 99.0 cm³/mol. The zero-order valence-electron chi connectivity index (χ0n) is 16.3. The third kappa shape index (κ3) is 10.9. The first-order valence-corrected chi connectivity index (χ1v) is 9.42. The van der Waals surface area contributed by atoms with E-state index in [4.69, 9.17) is 4.74 Å². The number of nitrogens with one attached hydrogen (secondary N) is 1. The van der Waals surface area contributed by atoms with E-state index < -0.39 is 18.1 Å². The topological polar surface area (TPSA) is 64.6 Å². The standard InChI is InChI=1S/C20H28F3NO4/c1-15(2)5-4-14-27-17-9-7-16(8-10-17)6-3-12-24-13-11-18(25)28-19(26)20(21,22)23/h7-10,15,24H,3-6,11-14H2,1-2H3. The Kier molecular flexibility index (Phi) is 10.6. The van der Waals surface area contributed by atoms with Gasteiger partial charge in [0, 0.05) is 6.54 Å². The minimum Gasteiger partial charge on any atom is -0.494 e. The van der Waals surface area contributed by atoms with Gasteiger partial charge in [0.05, 0.1) is 13.0 Å². The van der Waals surface area contributed by atoms with Crippen LogP contribution in [0.1, 0.15) is 45.1 Å². The number of halogens is 3. The van der Waals surface area contributed by atoms with Gasteiger partial charge in [0.1, 0.15) is 5.75 Å². The second-order valence-corrected chi connectivity index (χ2v) is 6.89. The molecule has 0 fully saturated rings. The maximum atomic E-state index is 11.9. The number of benzene rings is 1. The first kappa shape index (κ1) is 23.9. The van der Waals surface area contributed by atoms with Gasteiger partial charge in [0.15, 0.2) is 0 Å². The second kappa shape index (κ2) is 12.4. The summed E-state index contributed by atoms with van der Waals surface area (Å²) < 4.78 is 45.2. The summed E-state index contributed by atoms with van der Waals surface area (Å²) in [4.78, 5) is 21.6. The van der Waals surface area contributed by atoms with Gasteiger partial charge in [-0.05, 0) is 55.8 Å². The van der Waals surface area contributed by atoms with Crippen LogP contribution in [0.3, 0.4) is 0 Å². The largest absolute Gasteiger partial charge is 0.494 e. The molecular formula is C20H28F3NO4. The van der Waals surface area contributed by atoms with Crippen LogP contribution in [-0.4, -0.2) is 37.8 Å². The van der Waals surface area contributed by atoms with E-state index in [1.54, 1.807) is 0 Å². The average Bonchev–Trinajstić information content (AvgIpc) is 2.61. The van der Waals surface area contributed by atoms with E-state index in [9.17, 15) is 22.8 Å². The highest BCUT2D eigenvalue weighted by molar-refractivity contribution is 5.88. The molecule has 8 heteroatoms.